The van der Waals surface area contributed by atoms with Crippen molar-refractivity contribution in [2.75, 3.05) is 0 Å². The Kier molecular flexibility index (Phi) is 4.33. The molecule has 2 rings (SSSR count). The molecule has 0 aliphatic carbocycles. The Balaban J connectivity index is 2.24. The van der Waals surface area contributed by atoms with E-state index in [1.807, 2.05) is 30.3 Å². The Morgan fingerprint density at radius 3 is 2.10 bits per heavy atom. The first-order valence-electron chi connectivity index (χ1n) is 7.08. The van der Waals surface area contributed by atoms with Crippen LogP contribution in [0.1, 0.15) is 50.7 Å². The Morgan fingerprint density at radius 2 is 1.50 bits per heavy atom. The van der Waals surface area contributed by atoms with Crippen molar-refractivity contribution >= 4 is 0 Å². The van der Waals surface area contributed by atoms with E-state index in [1.54, 1.807) is 6.07 Å². The Bertz CT molecular complexity index is 586. The minimum atomic E-state index is 0.186. The normalized spacial score (nSPS) is 11.1. The van der Waals surface area contributed by atoms with Crippen molar-refractivity contribution in [2.45, 2.75) is 39.5 Å². The first-order chi connectivity index (χ1) is 9.47. The minimum absolute atomic E-state index is 0.186. The highest BCUT2D eigenvalue weighted by Gasteiger charge is 2.08. The van der Waals surface area contributed by atoms with E-state index >= 15 is 0 Å². The van der Waals surface area contributed by atoms with Gasteiger partial charge in [-0.2, -0.15) is 0 Å². The van der Waals surface area contributed by atoms with Crippen LogP contribution < -0.4 is 4.74 Å². The molecule has 1 N–H and O–H groups in total. The molecule has 0 atom stereocenters. The summed E-state index contributed by atoms with van der Waals surface area (Å²) < 4.78 is 5.78. The van der Waals surface area contributed by atoms with Gasteiger partial charge in [-0.3, -0.25) is 0 Å². The van der Waals surface area contributed by atoms with Gasteiger partial charge in [0.2, 0.25) is 0 Å². The zero-order valence-corrected chi connectivity index (χ0v) is 12.6. The van der Waals surface area contributed by atoms with Crippen LogP contribution in [0.4, 0.5) is 0 Å². The van der Waals surface area contributed by atoms with Gasteiger partial charge < -0.3 is 9.84 Å². The lowest BCUT2D eigenvalue weighted by molar-refractivity contribution is 0.410. The molecule has 0 fully saturated rings. The molecule has 2 nitrogen and oxygen atoms in total. The van der Waals surface area contributed by atoms with Gasteiger partial charge in [-0.1, -0.05) is 45.9 Å². The summed E-state index contributed by atoms with van der Waals surface area (Å²) in [4.78, 5) is 0. The highest BCUT2D eigenvalue weighted by atomic mass is 16.5. The standard InChI is InChI=1S/C18H22O2/c1-12(2)14-6-5-7-16(10-14)20-18-9-8-15(13(3)4)11-17(18)19/h5-13,19H,1-4H3. The lowest BCUT2D eigenvalue weighted by Gasteiger charge is -2.12. The van der Waals surface area contributed by atoms with Crippen LogP contribution in [0.15, 0.2) is 42.5 Å². The third-order valence-corrected chi connectivity index (χ3v) is 3.40. The van der Waals surface area contributed by atoms with Crippen molar-refractivity contribution in [3.63, 3.8) is 0 Å². The van der Waals surface area contributed by atoms with Gasteiger partial charge in [-0.25, -0.2) is 0 Å². The molecule has 0 unspecified atom stereocenters. The van der Waals surface area contributed by atoms with Gasteiger partial charge in [0.15, 0.2) is 11.5 Å². The van der Waals surface area contributed by atoms with Crippen LogP contribution in [0.25, 0.3) is 0 Å². The van der Waals surface area contributed by atoms with E-state index in [2.05, 4.69) is 33.8 Å². The fourth-order valence-corrected chi connectivity index (χ4v) is 2.04. The molecule has 0 amide bonds. The van der Waals surface area contributed by atoms with Gasteiger partial charge in [-0.05, 0) is 47.2 Å². The lowest BCUT2D eigenvalue weighted by Crippen LogP contribution is -1.91. The number of hydrogen-bond donors (Lipinski definition) is 1. The number of benzene rings is 2. The molecule has 0 aliphatic rings. The largest absolute Gasteiger partial charge is 0.504 e. The number of aromatic hydroxyl groups is 1. The molecule has 0 aromatic heterocycles. The van der Waals surface area contributed by atoms with Crippen molar-refractivity contribution in [1.29, 1.82) is 0 Å². The summed E-state index contributed by atoms with van der Waals surface area (Å²) in [6.07, 6.45) is 0. The molecule has 2 aromatic carbocycles. The zero-order chi connectivity index (χ0) is 14.7. The third kappa shape index (κ3) is 3.32. The monoisotopic (exact) mass is 270 g/mol. The van der Waals surface area contributed by atoms with Crippen LogP contribution in [0.2, 0.25) is 0 Å². The molecule has 0 aliphatic heterocycles. The fraction of sp³-hybridized carbons (Fsp3) is 0.333. The topological polar surface area (TPSA) is 29.5 Å². The van der Waals surface area contributed by atoms with Crippen molar-refractivity contribution in [1.82, 2.24) is 0 Å². The number of hydrogen-bond acceptors (Lipinski definition) is 2. The highest BCUT2D eigenvalue weighted by Crippen LogP contribution is 2.34. The van der Waals surface area contributed by atoms with Crippen molar-refractivity contribution in [3.8, 4) is 17.2 Å². The Hall–Kier alpha value is -1.96. The summed E-state index contributed by atoms with van der Waals surface area (Å²) in [5.74, 6) is 2.28. The van der Waals surface area contributed by atoms with Crippen LogP contribution in [0, 0.1) is 0 Å². The van der Waals surface area contributed by atoms with Gasteiger partial charge in [0.05, 0.1) is 0 Å². The molecule has 2 aromatic rings. The van der Waals surface area contributed by atoms with E-state index in [4.69, 9.17) is 4.74 Å². The molecular formula is C18H22O2. The van der Waals surface area contributed by atoms with Gasteiger partial charge in [0, 0.05) is 0 Å². The maximum absolute atomic E-state index is 10.1. The summed E-state index contributed by atoms with van der Waals surface area (Å²) >= 11 is 0. The average molecular weight is 270 g/mol. The van der Waals surface area contributed by atoms with Crippen LogP contribution in [-0.2, 0) is 0 Å². The van der Waals surface area contributed by atoms with E-state index < -0.39 is 0 Å². The Morgan fingerprint density at radius 1 is 0.850 bits per heavy atom. The SMILES string of the molecule is CC(C)c1cccc(Oc2ccc(C(C)C)cc2O)c1. The second kappa shape index (κ2) is 6.00. The number of rotatable bonds is 4. The van der Waals surface area contributed by atoms with Crippen LogP contribution >= 0.6 is 0 Å². The molecule has 0 bridgehead atoms. The quantitative estimate of drug-likeness (QED) is 0.802. The van der Waals surface area contributed by atoms with Gasteiger partial charge in [0.1, 0.15) is 5.75 Å². The van der Waals surface area contributed by atoms with Gasteiger partial charge in [0.25, 0.3) is 0 Å². The van der Waals surface area contributed by atoms with Gasteiger partial charge >= 0.3 is 0 Å². The fourth-order valence-electron chi connectivity index (χ4n) is 2.04. The second-order valence-corrected chi connectivity index (χ2v) is 5.71. The van der Waals surface area contributed by atoms with Crippen molar-refractivity contribution in [3.05, 3.63) is 53.6 Å². The summed E-state index contributed by atoms with van der Waals surface area (Å²) in [6.45, 7) is 8.49. The summed E-state index contributed by atoms with van der Waals surface area (Å²) in [6, 6.07) is 13.6. The molecule has 0 spiro atoms. The van der Waals surface area contributed by atoms with Crippen molar-refractivity contribution in [2.24, 2.45) is 0 Å². The van der Waals surface area contributed by atoms with E-state index in [1.165, 1.54) is 5.56 Å². The number of phenols is 1. The highest BCUT2D eigenvalue weighted by molar-refractivity contribution is 5.45. The van der Waals surface area contributed by atoms with E-state index in [0.29, 0.717) is 17.6 Å². The van der Waals surface area contributed by atoms with Crippen LogP contribution in [0.3, 0.4) is 0 Å². The smallest absolute Gasteiger partial charge is 0.169 e. The molecule has 0 radical (unpaired) electrons. The predicted molar refractivity (Wildman–Crippen MR) is 82.8 cm³/mol. The van der Waals surface area contributed by atoms with E-state index in [0.717, 1.165) is 11.3 Å². The first kappa shape index (κ1) is 14.4. The summed E-state index contributed by atoms with van der Waals surface area (Å²) in [5.41, 5.74) is 2.33. The summed E-state index contributed by atoms with van der Waals surface area (Å²) in [5, 5.41) is 10.1. The average Bonchev–Trinajstić information content (AvgIpc) is 2.41. The van der Waals surface area contributed by atoms with E-state index in [-0.39, 0.29) is 5.75 Å². The molecule has 106 valence electrons. The van der Waals surface area contributed by atoms with Crippen LogP contribution in [-0.4, -0.2) is 5.11 Å². The predicted octanol–water partition coefficient (Wildman–Crippen LogP) is 5.43. The molecule has 0 saturated carbocycles. The summed E-state index contributed by atoms with van der Waals surface area (Å²) in [7, 11) is 0. The zero-order valence-electron chi connectivity index (χ0n) is 12.6. The Labute approximate surface area is 121 Å². The number of ether oxygens (including phenoxy) is 1. The maximum Gasteiger partial charge on any atom is 0.169 e. The van der Waals surface area contributed by atoms with Crippen LogP contribution in [0.5, 0.6) is 17.2 Å². The second-order valence-electron chi connectivity index (χ2n) is 5.71. The first-order valence-corrected chi connectivity index (χ1v) is 7.08. The molecule has 20 heavy (non-hydrogen) atoms. The lowest BCUT2D eigenvalue weighted by atomic mass is 10.0. The molecular weight excluding hydrogens is 248 g/mol. The van der Waals surface area contributed by atoms with Gasteiger partial charge in [-0.15, -0.1) is 0 Å². The number of phenolic OH excluding ortho intramolecular Hbond substituents is 1. The maximum atomic E-state index is 10.1. The van der Waals surface area contributed by atoms with E-state index in [9.17, 15) is 5.11 Å². The third-order valence-electron chi connectivity index (χ3n) is 3.40. The molecule has 0 heterocycles. The molecule has 2 heteroatoms. The van der Waals surface area contributed by atoms with Crippen molar-refractivity contribution < 1.29 is 9.84 Å². The minimum Gasteiger partial charge on any atom is -0.504 e. The molecule has 0 saturated heterocycles.